The highest BCUT2D eigenvalue weighted by Crippen LogP contribution is 2.29. The Balaban J connectivity index is 1.35. The maximum atomic E-state index is 12.6. The molecule has 4 rings (SSSR count). The van der Waals surface area contributed by atoms with Crippen LogP contribution in [-0.2, 0) is 29.2 Å². The normalized spacial score (nSPS) is 17.5. The van der Waals surface area contributed by atoms with E-state index in [2.05, 4.69) is 33.7 Å². The van der Waals surface area contributed by atoms with Crippen molar-refractivity contribution in [3.63, 3.8) is 0 Å². The Kier molecular flexibility index (Phi) is 5.87. The predicted molar refractivity (Wildman–Crippen MR) is 110 cm³/mol. The van der Waals surface area contributed by atoms with Gasteiger partial charge in [0.1, 0.15) is 12.4 Å². The van der Waals surface area contributed by atoms with Crippen LogP contribution in [0.15, 0.2) is 12.4 Å². The second-order valence-corrected chi connectivity index (χ2v) is 8.91. The zero-order valence-electron chi connectivity index (χ0n) is 18.1. The summed E-state index contributed by atoms with van der Waals surface area (Å²) >= 11 is 0. The van der Waals surface area contributed by atoms with Gasteiger partial charge in [-0.15, -0.1) is 10.2 Å². The van der Waals surface area contributed by atoms with Gasteiger partial charge in [-0.1, -0.05) is 13.8 Å². The third-order valence-corrected chi connectivity index (χ3v) is 5.99. The minimum Gasteiger partial charge on any atom is -0.343 e. The summed E-state index contributed by atoms with van der Waals surface area (Å²) in [6.45, 7) is 9.79. The Morgan fingerprint density at radius 3 is 2.50 bits per heavy atom. The first kappa shape index (κ1) is 20.6. The van der Waals surface area contributed by atoms with Crippen molar-refractivity contribution in [1.82, 2.24) is 34.3 Å². The third-order valence-electron chi connectivity index (χ3n) is 5.99. The average Bonchev–Trinajstić information content (AvgIpc) is 3.33. The lowest BCUT2D eigenvalue weighted by molar-refractivity contribution is -0.134. The van der Waals surface area contributed by atoms with Gasteiger partial charge in [0.05, 0.1) is 12.7 Å². The van der Waals surface area contributed by atoms with Gasteiger partial charge in [-0.25, -0.2) is 0 Å². The molecule has 2 aromatic heterocycles. The van der Waals surface area contributed by atoms with Crippen molar-refractivity contribution in [2.75, 3.05) is 19.6 Å². The molecular weight excluding hydrogens is 382 g/mol. The highest BCUT2D eigenvalue weighted by Gasteiger charge is 2.31. The molecular formula is C21H31N7O2. The average molecular weight is 414 g/mol. The summed E-state index contributed by atoms with van der Waals surface area (Å²) in [6, 6.07) is 0. The maximum absolute atomic E-state index is 12.6. The van der Waals surface area contributed by atoms with Gasteiger partial charge >= 0.3 is 0 Å². The lowest BCUT2D eigenvalue weighted by atomic mass is 9.95. The number of nitrogens with zero attached hydrogens (tertiary/aromatic N) is 7. The summed E-state index contributed by atoms with van der Waals surface area (Å²) in [6.07, 6.45) is 6.09. The first-order valence-corrected chi connectivity index (χ1v) is 10.9. The van der Waals surface area contributed by atoms with Crippen LogP contribution in [0.2, 0.25) is 0 Å². The van der Waals surface area contributed by atoms with E-state index < -0.39 is 0 Å². The SMILES string of the molecule is Cc1cnn(CC(=O)N2CCn3c(nnc3C3CCN(C(=O)CC(C)C)CC3)C2)c1. The summed E-state index contributed by atoms with van der Waals surface area (Å²) in [5.74, 6) is 2.87. The van der Waals surface area contributed by atoms with Crippen molar-refractivity contribution < 1.29 is 9.59 Å². The number of likely N-dealkylation sites (tertiary alicyclic amines) is 1. The highest BCUT2D eigenvalue weighted by molar-refractivity contribution is 5.76. The van der Waals surface area contributed by atoms with E-state index in [-0.39, 0.29) is 18.4 Å². The number of rotatable bonds is 5. The van der Waals surface area contributed by atoms with Crippen LogP contribution in [0.1, 0.15) is 56.2 Å². The van der Waals surface area contributed by atoms with E-state index in [1.807, 2.05) is 22.9 Å². The van der Waals surface area contributed by atoms with Crippen LogP contribution >= 0.6 is 0 Å². The molecule has 1 saturated heterocycles. The lowest BCUT2D eigenvalue weighted by Crippen LogP contribution is -2.41. The second kappa shape index (κ2) is 8.57. The number of hydrogen-bond acceptors (Lipinski definition) is 5. The van der Waals surface area contributed by atoms with Gasteiger partial charge in [-0.05, 0) is 31.2 Å². The minimum atomic E-state index is 0.0471. The quantitative estimate of drug-likeness (QED) is 0.742. The van der Waals surface area contributed by atoms with Gasteiger partial charge < -0.3 is 14.4 Å². The molecule has 2 aliphatic heterocycles. The topological polar surface area (TPSA) is 89.2 Å². The van der Waals surface area contributed by atoms with Crippen LogP contribution in [-0.4, -0.2) is 65.8 Å². The molecule has 2 aromatic rings. The van der Waals surface area contributed by atoms with Gasteiger partial charge in [-0.3, -0.25) is 14.3 Å². The molecule has 0 radical (unpaired) electrons. The van der Waals surface area contributed by atoms with E-state index in [1.165, 1.54) is 0 Å². The lowest BCUT2D eigenvalue weighted by Gasteiger charge is -2.33. The standard InChI is InChI=1S/C21H31N7O2/c1-15(2)10-19(29)25-6-4-17(5-7-25)21-24-23-18-13-26(8-9-28(18)21)20(30)14-27-12-16(3)11-22-27/h11-12,15,17H,4-10,13-14H2,1-3H3. The Morgan fingerprint density at radius 1 is 1.07 bits per heavy atom. The molecule has 0 aliphatic carbocycles. The predicted octanol–water partition coefficient (Wildman–Crippen LogP) is 1.58. The Bertz CT molecular complexity index is 908. The number of piperidine rings is 1. The molecule has 1 fully saturated rings. The van der Waals surface area contributed by atoms with Gasteiger partial charge in [0.2, 0.25) is 11.8 Å². The Hall–Kier alpha value is -2.71. The number of fused-ring (bicyclic) bond motifs is 1. The number of aryl methyl sites for hydroxylation is 1. The smallest absolute Gasteiger partial charge is 0.244 e. The van der Waals surface area contributed by atoms with E-state index in [0.29, 0.717) is 37.9 Å². The Labute approximate surface area is 177 Å². The second-order valence-electron chi connectivity index (χ2n) is 8.91. The van der Waals surface area contributed by atoms with Gasteiger partial charge in [-0.2, -0.15) is 5.10 Å². The fourth-order valence-corrected chi connectivity index (χ4v) is 4.35. The van der Waals surface area contributed by atoms with Crippen molar-refractivity contribution in [3.8, 4) is 0 Å². The summed E-state index contributed by atoms with van der Waals surface area (Å²) in [5, 5.41) is 13.1. The van der Waals surface area contributed by atoms with E-state index in [1.54, 1.807) is 10.9 Å². The number of carbonyl (C=O) groups is 2. The van der Waals surface area contributed by atoms with Crippen molar-refractivity contribution in [2.45, 2.75) is 65.6 Å². The molecule has 30 heavy (non-hydrogen) atoms. The fraction of sp³-hybridized carbons (Fsp3) is 0.667. The molecule has 2 amide bonds. The fourth-order valence-electron chi connectivity index (χ4n) is 4.35. The minimum absolute atomic E-state index is 0.0471. The molecule has 0 N–H and O–H groups in total. The molecule has 162 valence electrons. The van der Waals surface area contributed by atoms with Gasteiger partial charge in [0.25, 0.3) is 0 Å². The van der Waals surface area contributed by atoms with Crippen LogP contribution < -0.4 is 0 Å². The number of carbonyl (C=O) groups excluding carboxylic acids is 2. The van der Waals surface area contributed by atoms with Crippen molar-refractivity contribution in [2.24, 2.45) is 5.92 Å². The van der Waals surface area contributed by atoms with Crippen molar-refractivity contribution >= 4 is 11.8 Å². The monoisotopic (exact) mass is 413 g/mol. The van der Waals surface area contributed by atoms with E-state index in [0.717, 1.165) is 43.1 Å². The third kappa shape index (κ3) is 4.39. The zero-order valence-corrected chi connectivity index (χ0v) is 18.1. The molecule has 4 heterocycles. The summed E-state index contributed by atoms with van der Waals surface area (Å²) < 4.78 is 3.86. The van der Waals surface area contributed by atoms with Crippen LogP contribution in [0.5, 0.6) is 0 Å². The first-order chi connectivity index (χ1) is 14.4. The maximum Gasteiger partial charge on any atom is 0.244 e. The molecule has 0 spiro atoms. The van der Waals surface area contributed by atoms with Crippen LogP contribution in [0.25, 0.3) is 0 Å². The van der Waals surface area contributed by atoms with E-state index in [4.69, 9.17) is 0 Å². The zero-order chi connectivity index (χ0) is 21.3. The largest absolute Gasteiger partial charge is 0.343 e. The summed E-state index contributed by atoms with van der Waals surface area (Å²) in [4.78, 5) is 28.8. The molecule has 0 atom stereocenters. The molecule has 9 heteroatoms. The van der Waals surface area contributed by atoms with Crippen LogP contribution in [0.4, 0.5) is 0 Å². The summed E-state index contributed by atoms with van der Waals surface area (Å²) in [5.41, 5.74) is 1.04. The molecule has 0 aromatic carbocycles. The molecule has 0 unspecified atom stereocenters. The van der Waals surface area contributed by atoms with Crippen molar-refractivity contribution in [3.05, 3.63) is 29.6 Å². The highest BCUT2D eigenvalue weighted by atomic mass is 16.2. The van der Waals surface area contributed by atoms with Crippen LogP contribution in [0.3, 0.4) is 0 Å². The molecule has 2 aliphatic rings. The van der Waals surface area contributed by atoms with E-state index in [9.17, 15) is 9.59 Å². The van der Waals surface area contributed by atoms with Crippen molar-refractivity contribution in [1.29, 1.82) is 0 Å². The molecule has 9 nitrogen and oxygen atoms in total. The van der Waals surface area contributed by atoms with Gasteiger partial charge in [0.15, 0.2) is 5.82 Å². The Morgan fingerprint density at radius 2 is 1.83 bits per heavy atom. The first-order valence-electron chi connectivity index (χ1n) is 10.9. The van der Waals surface area contributed by atoms with Gasteiger partial charge in [0, 0.05) is 44.7 Å². The number of aromatic nitrogens is 5. The number of hydrogen-bond donors (Lipinski definition) is 0. The number of amides is 2. The molecule has 0 bridgehead atoms. The van der Waals surface area contributed by atoms with Crippen LogP contribution in [0, 0.1) is 12.8 Å². The molecule has 0 saturated carbocycles. The summed E-state index contributed by atoms with van der Waals surface area (Å²) in [7, 11) is 0. The van der Waals surface area contributed by atoms with E-state index >= 15 is 0 Å².